The number of rotatable bonds is 13. The fourth-order valence-electron chi connectivity index (χ4n) is 8.99. The molecule has 0 spiro atoms. The van der Waals surface area contributed by atoms with Crippen LogP contribution < -0.4 is 5.73 Å². The van der Waals surface area contributed by atoms with Crippen LogP contribution in [0.2, 0.25) is 0 Å². The number of imide groups is 2. The Labute approximate surface area is 292 Å². The number of piperidine rings is 1. The van der Waals surface area contributed by atoms with Crippen molar-refractivity contribution in [2.45, 2.75) is 90.0 Å². The van der Waals surface area contributed by atoms with Crippen molar-refractivity contribution in [2.75, 3.05) is 26.3 Å². The molecule has 0 atom stereocenters. The third kappa shape index (κ3) is 5.18. The molecule has 4 amide bonds. The summed E-state index contributed by atoms with van der Waals surface area (Å²) in [4.78, 5) is 60.9. The molecular formula is C42H46N4O4. The van der Waals surface area contributed by atoms with Crippen molar-refractivity contribution in [3.05, 3.63) is 70.8 Å². The monoisotopic (exact) mass is 670 g/mol. The van der Waals surface area contributed by atoms with Gasteiger partial charge in [0, 0.05) is 65.4 Å². The Bertz CT molecular complexity index is 2040. The highest BCUT2D eigenvalue weighted by Crippen LogP contribution is 2.46. The smallest absolute Gasteiger partial charge is 0.261 e. The first-order valence-electron chi connectivity index (χ1n) is 18.8. The van der Waals surface area contributed by atoms with Crippen LogP contribution in [0.1, 0.15) is 125 Å². The van der Waals surface area contributed by atoms with Crippen molar-refractivity contribution >= 4 is 66.7 Å². The zero-order valence-electron chi connectivity index (χ0n) is 29.1. The number of nitrogens with two attached hydrogens (primary N) is 1. The van der Waals surface area contributed by atoms with Crippen molar-refractivity contribution in [1.29, 1.82) is 0 Å². The van der Waals surface area contributed by atoms with Crippen LogP contribution in [0.5, 0.6) is 0 Å². The Hall–Kier alpha value is -4.40. The minimum atomic E-state index is -0.243. The Kier molecular flexibility index (Phi) is 8.77. The van der Waals surface area contributed by atoms with E-state index in [4.69, 9.17) is 5.73 Å². The highest BCUT2D eigenvalue weighted by Gasteiger charge is 2.40. The lowest BCUT2D eigenvalue weighted by atomic mass is 9.82. The summed E-state index contributed by atoms with van der Waals surface area (Å²) in [6, 6.07) is 15.2. The van der Waals surface area contributed by atoms with Crippen molar-refractivity contribution in [3.8, 4) is 0 Å². The zero-order chi connectivity index (χ0) is 34.5. The van der Waals surface area contributed by atoms with Crippen LogP contribution in [-0.2, 0) is 0 Å². The van der Waals surface area contributed by atoms with E-state index in [-0.39, 0.29) is 29.7 Å². The van der Waals surface area contributed by atoms with E-state index < -0.39 is 0 Å². The van der Waals surface area contributed by atoms with E-state index in [9.17, 15) is 19.2 Å². The minimum absolute atomic E-state index is 0.162. The number of carbonyl (C=O) groups is 4. The molecule has 2 N–H and O–H groups in total. The van der Waals surface area contributed by atoms with Crippen molar-refractivity contribution < 1.29 is 19.2 Å². The van der Waals surface area contributed by atoms with Gasteiger partial charge in [0.2, 0.25) is 0 Å². The largest absolute Gasteiger partial charge is 0.318 e. The molecule has 3 heterocycles. The summed E-state index contributed by atoms with van der Waals surface area (Å²) < 4.78 is 0. The summed E-state index contributed by atoms with van der Waals surface area (Å²) in [7, 11) is 0. The molecule has 0 saturated carbocycles. The molecule has 0 radical (unpaired) electrons. The lowest BCUT2D eigenvalue weighted by molar-refractivity contribution is 0.0458. The molecule has 258 valence electrons. The van der Waals surface area contributed by atoms with E-state index in [1.54, 1.807) is 0 Å². The molecule has 0 aliphatic carbocycles. The fraction of sp³-hybridized carbons (Fsp3) is 0.429. The predicted octanol–water partition coefficient (Wildman–Crippen LogP) is 8.23. The lowest BCUT2D eigenvalue weighted by Gasteiger charge is -2.39. The number of benzene rings is 5. The van der Waals surface area contributed by atoms with Gasteiger partial charge in [-0.15, -0.1) is 0 Å². The van der Waals surface area contributed by atoms with E-state index in [2.05, 4.69) is 11.8 Å². The first-order valence-corrected chi connectivity index (χ1v) is 18.8. The zero-order valence-corrected chi connectivity index (χ0v) is 29.1. The van der Waals surface area contributed by atoms with Crippen LogP contribution in [0, 0.1) is 0 Å². The number of hydrogen-bond acceptors (Lipinski definition) is 6. The van der Waals surface area contributed by atoms with E-state index in [1.165, 1.54) is 54.7 Å². The summed E-state index contributed by atoms with van der Waals surface area (Å²) in [5, 5.41) is 6.82. The van der Waals surface area contributed by atoms with Gasteiger partial charge >= 0.3 is 0 Å². The number of carbonyl (C=O) groups excluding carboxylic acids is 4. The quantitative estimate of drug-likeness (QED) is 0.0586. The molecule has 8 rings (SSSR count). The van der Waals surface area contributed by atoms with Gasteiger partial charge in [0.15, 0.2) is 0 Å². The van der Waals surface area contributed by atoms with Gasteiger partial charge in [0.1, 0.15) is 0 Å². The maximum atomic E-state index is 14.0. The van der Waals surface area contributed by atoms with Gasteiger partial charge in [-0.2, -0.15) is 0 Å². The first kappa shape index (κ1) is 32.8. The normalized spacial score (nSPS) is 17.2. The summed E-state index contributed by atoms with van der Waals surface area (Å²) in [5.41, 5.74) is 8.05. The maximum Gasteiger partial charge on any atom is 0.261 e. The van der Waals surface area contributed by atoms with Crippen LogP contribution >= 0.6 is 0 Å². The van der Waals surface area contributed by atoms with Gasteiger partial charge in [0.25, 0.3) is 23.6 Å². The molecule has 5 aromatic carbocycles. The maximum absolute atomic E-state index is 14.0. The van der Waals surface area contributed by atoms with Crippen LogP contribution in [0.25, 0.3) is 43.1 Å². The molecule has 0 bridgehead atoms. The second-order valence-corrected chi connectivity index (χ2v) is 14.6. The number of fused-ring (bicyclic) bond motifs is 2. The molecule has 0 aromatic heterocycles. The molecule has 3 aliphatic heterocycles. The highest BCUT2D eigenvalue weighted by molar-refractivity contribution is 6.41. The van der Waals surface area contributed by atoms with Crippen LogP contribution in [0.15, 0.2) is 48.5 Å². The molecular weight excluding hydrogens is 624 g/mol. The second kappa shape index (κ2) is 13.4. The van der Waals surface area contributed by atoms with E-state index in [0.29, 0.717) is 59.1 Å². The highest BCUT2D eigenvalue weighted by atomic mass is 16.2. The van der Waals surface area contributed by atoms with Crippen molar-refractivity contribution in [3.63, 3.8) is 0 Å². The standard InChI is InChI=1S/C42H46N4O4/c1-2-3-4-5-6-7-8-9-10-11-22-45-39(47)31-16-12-27-29-14-18-33-38-34(42(50)46(41(33)49)26-20-23-44(25-43)24-21-26)19-15-30(36(29)38)28-13-17-32(40(45)48)37(31)35(27)28/h12-19,26H,2-11,20-25,43H2,1H3. The predicted molar refractivity (Wildman–Crippen MR) is 199 cm³/mol. The van der Waals surface area contributed by atoms with Gasteiger partial charge in [-0.1, -0.05) is 89.0 Å². The first-order chi connectivity index (χ1) is 24.4. The van der Waals surface area contributed by atoms with Crippen LogP contribution in [0.4, 0.5) is 0 Å². The summed E-state index contributed by atoms with van der Waals surface area (Å²) in [6.07, 6.45) is 13.3. The molecule has 0 unspecified atom stereocenters. The van der Waals surface area contributed by atoms with E-state index >= 15 is 0 Å². The molecule has 8 heteroatoms. The minimum Gasteiger partial charge on any atom is -0.318 e. The Morgan fingerprint density at radius 2 is 0.940 bits per heavy atom. The summed E-state index contributed by atoms with van der Waals surface area (Å²) in [6.45, 7) is 4.65. The number of hydrogen-bond donors (Lipinski definition) is 1. The number of likely N-dealkylation sites (tertiary alicyclic amines) is 1. The van der Waals surface area contributed by atoms with E-state index in [1.807, 2.05) is 48.5 Å². The molecule has 50 heavy (non-hydrogen) atoms. The molecule has 1 saturated heterocycles. The van der Waals surface area contributed by atoms with Gasteiger partial charge in [-0.05, 0) is 75.8 Å². The van der Waals surface area contributed by atoms with Gasteiger partial charge in [-0.25, -0.2) is 0 Å². The summed E-state index contributed by atoms with van der Waals surface area (Å²) in [5.74, 6) is -0.947. The molecule has 3 aliphatic rings. The second-order valence-electron chi connectivity index (χ2n) is 14.6. The number of nitrogens with zero attached hydrogens (tertiary/aromatic N) is 3. The topological polar surface area (TPSA) is 104 Å². The average Bonchev–Trinajstić information content (AvgIpc) is 3.14. The van der Waals surface area contributed by atoms with Gasteiger partial charge in [-0.3, -0.25) is 33.9 Å². The number of amides is 4. The Morgan fingerprint density at radius 1 is 0.540 bits per heavy atom. The van der Waals surface area contributed by atoms with Crippen molar-refractivity contribution in [1.82, 2.24) is 14.7 Å². The number of unbranched alkanes of at least 4 members (excludes halogenated alkanes) is 9. The van der Waals surface area contributed by atoms with Crippen LogP contribution in [0.3, 0.4) is 0 Å². The van der Waals surface area contributed by atoms with Crippen LogP contribution in [-0.4, -0.2) is 70.7 Å². The third-order valence-corrected chi connectivity index (χ3v) is 11.7. The van der Waals surface area contributed by atoms with Gasteiger partial charge < -0.3 is 5.73 Å². The lowest BCUT2D eigenvalue weighted by Crippen LogP contribution is -2.52. The molecule has 5 aromatic rings. The van der Waals surface area contributed by atoms with Crippen molar-refractivity contribution in [2.24, 2.45) is 5.73 Å². The third-order valence-electron chi connectivity index (χ3n) is 11.7. The molecule has 1 fully saturated rings. The Morgan fingerprint density at radius 3 is 1.36 bits per heavy atom. The average molecular weight is 671 g/mol. The summed E-state index contributed by atoms with van der Waals surface area (Å²) >= 11 is 0. The SMILES string of the molecule is CCCCCCCCCCCCN1C(=O)c2ccc3c4ccc5c6c(ccc(c7ccc(c2c37)C1=O)c64)C(=O)N(C1CCN(CN)CC1)C5=O. The molecule has 8 nitrogen and oxygen atoms in total. The fourth-order valence-corrected chi connectivity index (χ4v) is 8.99. The van der Waals surface area contributed by atoms with Gasteiger partial charge in [0.05, 0.1) is 0 Å². The Balaban J connectivity index is 1.10. The van der Waals surface area contributed by atoms with E-state index in [0.717, 1.165) is 64.7 Å².